The van der Waals surface area contributed by atoms with Crippen LogP contribution in [-0.2, 0) is 16.4 Å². The minimum absolute atomic E-state index is 0.171. The van der Waals surface area contributed by atoms with Crippen LogP contribution in [0.3, 0.4) is 0 Å². The van der Waals surface area contributed by atoms with Crippen molar-refractivity contribution in [3.05, 3.63) is 52.2 Å². The lowest BCUT2D eigenvalue weighted by molar-refractivity contribution is 0.132. The van der Waals surface area contributed by atoms with E-state index >= 15 is 0 Å². The lowest BCUT2D eigenvalue weighted by Gasteiger charge is -2.30. The average Bonchev–Trinajstić information content (AvgIpc) is 2.88. The van der Waals surface area contributed by atoms with Gasteiger partial charge in [0, 0.05) is 16.9 Å². The standard InChI is InChI=1S/C13H13NO3S2/c15-13-10-5-1-2-6-12(10)19(16,17)14-11(13)8-9-4-3-7-18-9/h1-7,11,13-15H,8H2/t11-,13+/m0/s1. The maximum absolute atomic E-state index is 12.1. The third-order valence-corrected chi connectivity index (χ3v) is 5.68. The molecule has 100 valence electrons. The maximum atomic E-state index is 12.1. The summed E-state index contributed by atoms with van der Waals surface area (Å²) in [6.07, 6.45) is -0.325. The SMILES string of the molecule is O=S1(=O)N[C@@H](Cc2cccs2)[C@H](O)c2ccccc21. The van der Waals surface area contributed by atoms with Crippen molar-refractivity contribution in [2.45, 2.75) is 23.5 Å². The van der Waals surface area contributed by atoms with E-state index in [0.29, 0.717) is 12.0 Å². The van der Waals surface area contributed by atoms with Gasteiger partial charge in [-0.2, -0.15) is 0 Å². The summed E-state index contributed by atoms with van der Waals surface area (Å²) >= 11 is 1.55. The van der Waals surface area contributed by atoms with Crippen LogP contribution in [0, 0.1) is 0 Å². The molecule has 0 fully saturated rings. The highest BCUT2D eigenvalue weighted by molar-refractivity contribution is 7.89. The summed E-state index contributed by atoms with van der Waals surface area (Å²) in [5.41, 5.74) is 0.475. The molecule has 19 heavy (non-hydrogen) atoms. The Morgan fingerprint density at radius 3 is 2.74 bits per heavy atom. The third kappa shape index (κ3) is 2.32. The van der Waals surface area contributed by atoms with Gasteiger partial charge in [0.15, 0.2) is 0 Å². The number of aliphatic hydroxyl groups excluding tert-OH is 1. The highest BCUT2D eigenvalue weighted by Crippen LogP contribution is 2.32. The zero-order valence-electron chi connectivity index (χ0n) is 9.98. The molecule has 3 rings (SSSR count). The highest BCUT2D eigenvalue weighted by atomic mass is 32.2. The normalized spacial score (nSPS) is 24.9. The molecule has 2 aromatic rings. The Bertz CT molecular complexity index is 680. The van der Waals surface area contributed by atoms with Crippen molar-refractivity contribution in [3.63, 3.8) is 0 Å². The number of nitrogens with one attached hydrogen (secondary N) is 1. The predicted octanol–water partition coefficient (Wildman–Crippen LogP) is 1.68. The Morgan fingerprint density at radius 2 is 2.00 bits per heavy atom. The smallest absolute Gasteiger partial charge is 0.241 e. The van der Waals surface area contributed by atoms with Gasteiger partial charge in [-0.25, -0.2) is 13.1 Å². The van der Waals surface area contributed by atoms with Crippen LogP contribution in [0.4, 0.5) is 0 Å². The van der Waals surface area contributed by atoms with Gasteiger partial charge in [0.05, 0.1) is 17.0 Å². The summed E-state index contributed by atoms with van der Waals surface area (Å²) in [6, 6.07) is 9.92. The van der Waals surface area contributed by atoms with Crippen molar-refractivity contribution in [1.82, 2.24) is 4.72 Å². The van der Waals surface area contributed by atoms with E-state index in [1.54, 1.807) is 29.5 Å². The van der Waals surface area contributed by atoms with Crippen LogP contribution in [0.2, 0.25) is 0 Å². The molecular weight excluding hydrogens is 282 g/mol. The Labute approximate surface area is 115 Å². The van der Waals surface area contributed by atoms with Gasteiger partial charge in [-0.15, -0.1) is 11.3 Å². The molecule has 1 aliphatic heterocycles. The molecule has 0 unspecified atom stereocenters. The first kappa shape index (κ1) is 12.8. The highest BCUT2D eigenvalue weighted by Gasteiger charge is 2.36. The van der Waals surface area contributed by atoms with E-state index in [0.717, 1.165) is 4.88 Å². The number of benzene rings is 1. The van der Waals surface area contributed by atoms with Gasteiger partial charge in [-0.05, 0) is 17.5 Å². The van der Waals surface area contributed by atoms with Crippen LogP contribution in [-0.4, -0.2) is 19.6 Å². The fourth-order valence-corrected chi connectivity index (χ4v) is 4.57. The zero-order chi connectivity index (χ0) is 13.5. The summed E-state index contributed by atoms with van der Waals surface area (Å²) < 4.78 is 26.8. The summed E-state index contributed by atoms with van der Waals surface area (Å²) in [4.78, 5) is 1.22. The van der Waals surface area contributed by atoms with Crippen LogP contribution >= 0.6 is 11.3 Å². The molecule has 0 saturated carbocycles. The summed E-state index contributed by atoms with van der Waals surface area (Å²) in [5, 5.41) is 12.3. The van der Waals surface area contributed by atoms with Crippen LogP contribution in [0.15, 0.2) is 46.7 Å². The van der Waals surface area contributed by atoms with Crippen molar-refractivity contribution in [2.24, 2.45) is 0 Å². The second-order valence-electron chi connectivity index (χ2n) is 4.49. The molecule has 1 aliphatic rings. The lowest BCUT2D eigenvalue weighted by atomic mass is 9.99. The molecule has 4 nitrogen and oxygen atoms in total. The minimum Gasteiger partial charge on any atom is -0.387 e. The minimum atomic E-state index is -3.53. The molecule has 0 spiro atoms. The number of hydrogen-bond donors (Lipinski definition) is 2. The second-order valence-corrected chi connectivity index (χ2v) is 7.21. The summed E-state index contributed by atoms with van der Waals surface area (Å²) in [6.45, 7) is 0. The van der Waals surface area contributed by atoms with Gasteiger partial charge < -0.3 is 5.11 Å². The van der Waals surface area contributed by atoms with Gasteiger partial charge in [0.1, 0.15) is 0 Å². The molecule has 2 atom stereocenters. The molecule has 6 heteroatoms. The number of thiophene rings is 1. The van der Waals surface area contributed by atoms with Crippen LogP contribution < -0.4 is 4.72 Å². The van der Waals surface area contributed by atoms with Crippen LogP contribution in [0.5, 0.6) is 0 Å². The van der Waals surface area contributed by atoms with Crippen molar-refractivity contribution >= 4 is 21.4 Å². The Hall–Kier alpha value is -1.21. The number of rotatable bonds is 2. The lowest BCUT2D eigenvalue weighted by Crippen LogP contribution is -2.45. The van der Waals surface area contributed by atoms with Crippen molar-refractivity contribution in [3.8, 4) is 0 Å². The van der Waals surface area contributed by atoms with Crippen LogP contribution in [0.25, 0.3) is 0 Å². The first-order valence-corrected chi connectivity index (χ1v) is 8.26. The van der Waals surface area contributed by atoms with Gasteiger partial charge in [0.2, 0.25) is 10.0 Å². The molecule has 0 amide bonds. The van der Waals surface area contributed by atoms with Crippen molar-refractivity contribution < 1.29 is 13.5 Å². The Morgan fingerprint density at radius 1 is 1.21 bits per heavy atom. The molecule has 2 heterocycles. The number of hydrogen-bond acceptors (Lipinski definition) is 4. The fourth-order valence-electron chi connectivity index (χ4n) is 2.31. The fraction of sp³-hybridized carbons (Fsp3) is 0.231. The van der Waals surface area contributed by atoms with E-state index in [4.69, 9.17) is 0 Å². The molecule has 0 saturated heterocycles. The number of fused-ring (bicyclic) bond motifs is 1. The monoisotopic (exact) mass is 295 g/mol. The van der Waals surface area contributed by atoms with E-state index in [9.17, 15) is 13.5 Å². The number of aliphatic hydroxyl groups is 1. The summed E-state index contributed by atoms with van der Waals surface area (Å²) in [5.74, 6) is 0. The zero-order valence-corrected chi connectivity index (χ0v) is 11.6. The van der Waals surface area contributed by atoms with Crippen molar-refractivity contribution in [2.75, 3.05) is 0 Å². The molecule has 1 aromatic heterocycles. The molecule has 0 aliphatic carbocycles. The maximum Gasteiger partial charge on any atom is 0.241 e. The van der Waals surface area contributed by atoms with Crippen molar-refractivity contribution in [1.29, 1.82) is 0 Å². The van der Waals surface area contributed by atoms with E-state index in [2.05, 4.69) is 4.72 Å². The van der Waals surface area contributed by atoms with E-state index in [1.165, 1.54) is 6.07 Å². The van der Waals surface area contributed by atoms with E-state index in [1.807, 2.05) is 17.5 Å². The average molecular weight is 295 g/mol. The third-order valence-electron chi connectivity index (χ3n) is 3.22. The van der Waals surface area contributed by atoms with Crippen LogP contribution in [0.1, 0.15) is 16.5 Å². The Balaban J connectivity index is 1.99. The summed E-state index contributed by atoms with van der Waals surface area (Å²) in [7, 11) is -3.53. The largest absolute Gasteiger partial charge is 0.387 e. The van der Waals surface area contributed by atoms with E-state index < -0.39 is 22.2 Å². The molecule has 1 aromatic carbocycles. The van der Waals surface area contributed by atoms with Gasteiger partial charge in [-0.1, -0.05) is 24.3 Å². The van der Waals surface area contributed by atoms with Gasteiger partial charge >= 0.3 is 0 Å². The topological polar surface area (TPSA) is 66.4 Å². The van der Waals surface area contributed by atoms with E-state index in [-0.39, 0.29) is 4.90 Å². The van der Waals surface area contributed by atoms with Gasteiger partial charge in [0.25, 0.3) is 0 Å². The first-order chi connectivity index (χ1) is 9.08. The second kappa shape index (κ2) is 4.72. The Kier molecular flexibility index (Phi) is 3.18. The predicted molar refractivity (Wildman–Crippen MR) is 73.5 cm³/mol. The number of sulfonamides is 1. The molecule has 0 radical (unpaired) electrons. The molecular formula is C13H13NO3S2. The molecule has 2 N–H and O–H groups in total. The first-order valence-electron chi connectivity index (χ1n) is 5.89. The van der Waals surface area contributed by atoms with Gasteiger partial charge in [-0.3, -0.25) is 0 Å². The molecule has 0 bridgehead atoms. The quantitative estimate of drug-likeness (QED) is 0.886.